The zero-order valence-corrected chi connectivity index (χ0v) is 7.47. The van der Waals surface area contributed by atoms with Gasteiger partial charge in [0.15, 0.2) is 0 Å². The Bertz CT molecular complexity index is 315. The molecular formula is C6H10N4OS. The molecule has 0 aromatic carbocycles. The van der Waals surface area contributed by atoms with Crippen LogP contribution >= 0.6 is 11.7 Å². The Labute approximate surface area is 73.6 Å². The van der Waals surface area contributed by atoms with Crippen LogP contribution in [0.5, 0.6) is 0 Å². The summed E-state index contributed by atoms with van der Waals surface area (Å²) in [7, 11) is 1.66. The van der Waals surface area contributed by atoms with Crippen LogP contribution in [0.25, 0.3) is 0 Å². The number of aliphatic imine (C=N–C) groups is 1. The standard InChI is InChI=1S/C6H10N4OS/c1-8-3-2-4(7)5-6(11)10-12-9-5/h3-4H,2,7H2,1H3,(H,10,11). The highest BCUT2D eigenvalue weighted by Crippen LogP contribution is 2.04. The van der Waals surface area contributed by atoms with Crippen molar-refractivity contribution in [1.29, 1.82) is 0 Å². The maximum absolute atomic E-state index is 11.0. The first-order valence-corrected chi connectivity index (χ1v) is 4.23. The smallest absolute Gasteiger partial charge is 0.282 e. The summed E-state index contributed by atoms with van der Waals surface area (Å²) in [4.78, 5) is 14.8. The van der Waals surface area contributed by atoms with E-state index in [0.29, 0.717) is 12.1 Å². The average molecular weight is 186 g/mol. The second kappa shape index (κ2) is 4.13. The molecule has 1 aromatic rings. The third-order valence-corrected chi connectivity index (χ3v) is 1.97. The number of rotatable bonds is 3. The summed E-state index contributed by atoms with van der Waals surface area (Å²) >= 11 is 1.02. The average Bonchev–Trinajstić information content (AvgIpc) is 2.47. The van der Waals surface area contributed by atoms with Crippen LogP contribution in [0.3, 0.4) is 0 Å². The molecular weight excluding hydrogens is 176 g/mol. The molecule has 1 rings (SSSR count). The highest BCUT2D eigenvalue weighted by molar-refractivity contribution is 6.99. The van der Waals surface area contributed by atoms with Crippen LogP contribution in [0.1, 0.15) is 18.2 Å². The summed E-state index contributed by atoms with van der Waals surface area (Å²) in [6, 6.07) is -0.344. The van der Waals surface area contributed by atoms with E-state index in [-0.39, 0.29) is 11.6 Å². The van der Waals surface area contributed by atoms with Crippen molar-refractivity contribution in [3.05, 3.63) is 16.0 Å². The maximum Gasteiger partial charge on any atom is 0.282 e. The van der Waals surface area contributed by atoms with Gasteiger partial charge in [-0.15, -0.1) is 0 Å². The first-order chi connectivity index (χ1) is 5.75. The topological polar surface area (TPSA) is 84.1 Å². The van der Waals surface area contributed by atoms with Gasteiger partial charge in [0.1, 0.15) is 5.69 Å². The molecule has 6 heteroatoms. The Morgan fingerprint density at radius 2 is 2.67 bits per heavy atom. The zero-order valence-electron chi connectivity index (χ0n) is 6.65. The van der Waals surface area contributed by atoms with Crippen LogP contribution in [-0.2, 0) is 0 Å². The fourth-order valence-corrected chi connectivity index (χ4v) is 1.32. The Morgan fingerprint density at radius 1 is 1.92 bits per heavy atom. The van der Waals surface area contributed by atoms with Crippen molar-refractivity contribution >= 4 is 17.9 Å². The summed E-state index contributed by atoms with van der Waals surface area (Å²) in [5, 5.41) is 0. The van der Waals surface area contributed by atoms with E-state index in [1.165, 1.54) is 0 Å². The van der Waals surface area contributed by atoms with Gasteiger partial charge in [-0.2, -0.15) is 4.37 Å². The fraction of sp³-hybridized carbons (Fsp3) is 0.500. The van der Waals surface area contributed by atoms with Gasteiger partial charge in [0.2, 0.25) is 0 Å². The van der Waals surface area contributed by atoms with E-state index in [1.54, 1.807) is 13.3 Å². The first-order valence-electron chi connectivity index (χ1n) is 3.46. The van der Waals surface area contributed by atoms with E-state index in [2.05, 4.69) is 13.7 Å². The summed E-state index contributed by atoms with van der Waals surface area (Å²) in [5.74, 6) is 0. The van der Waals surface area contributed by atoms with E-state index in [1.807, 2.05) is 0 Å². The lowest BCUT2D eigenvalue weighted by Gasteiger charge is -2.00. The van der Waals surface area contributed by atoms with Crippen LogP contribution in [0.15, 0.2) is 9.79 Å². The Hall–Kier alpha value is -1.01. The molecule has 0 saturated heterocycles. The molecule has 0 spiro atoms. The minimum Gasteiger partial charge on any atom is -0.322 e. The zero-order chi connectivity index (χ0) is 8.97. The molecule has 0 radical (unpaired) electrons. The van der Waals surface area contributed by atoms with Gasteiger partial charge in [0.05, 0.1) is 6.04 Å². The van der Waals surface area contributed by atoms with Gasteiger partial charge in [-0.3, -0.25) is 9.17 Å². The molecule has 12 heavy (non-hydrogen) atoms. The van der Waals surface area contributed by atoms with Crippen molar-refractivity contribution in [2.45, 2.75) is 12.5 Å². The molecule has 0 saturated carbocycles. The molecule has 0 aliphatic heterocycles. The number of nitrogens with zero attached hydrogens (tertiary/aromatic N) is 2. The summed E-state index contributed by atoms with van der Waals surface area (Å²) < 4.78 is 6.33. The van der Waals surface area contributed by atoms with Gasteiger partial charge in [-0.05, 0) is 0 Å². The molecule has 0 aliphatic rings. The van der Waals surface area contributed by atoms with Crippen molar-refractivity contribution in [1.82, 2.24) is 8.75 Å². The molecule has 1 unspecified atom stereocenters. The van der Waals surface area contributed by atoms with E-state index >= 15 is 0 Å². The van der Waals surface area contributed by atoms with Gasteiger partial charge in [0, 0.05) is 31.4 Å². The lowest BCUT2D eigenvalue weighted by molar-refractivity contribution is 0.740. The quantitative estimate of drug-likeness (QED) is 0.648. The van der Waals surface area contributed by atoms with E-state index in [4.69, 9.17) is 5.73 Å². The van der Waals surface area contributed by atoms with Gasteiger partial charge in [-0.1, -0.05) is 0 Å². The summed E-state index contributed by atoms with van der Waals surface area (Å²) in [6.07, 6.45) is 2.22. The molecule has 5 nitrogen and oxygen atoms in total. The van der Waals surface area contributed by atoms with Crippen molar-refractivity contribution in [2.24, 2.45) is 10.7 Å². The van der Waals surface area contributed by atoms with Crippen molar-refractivity contribution in [3.8, 4) is 0 Å². The van der Waals surface area contributed by atoms with E-state index < -0.39 is 0 Å². The molecule has 1 heterocycles. The summed E-state index contributed by atoms with van der Waals surface area (Å²) in [5.41, 5.74) is 5.85. The normalized spacial score (nSPS) is 13.8. The van der Waals surface area contributed by atoms with Crippen molar-refractivity contribution in [3.63, 3.8) is 0 Å². The van der Waals surface area contributed by atoms with Gasteiger partial charge in [-0.25, -0.2) is 0 Å². The molecule has 1 aromatic heterocycles. The van der Waals surface area contributed by atoms with Crippen LogP contribution in [0.2, 0.25) is 0 Å². The van der Waals surface area contributed by atoms with Crippen LogP contribution in [-0.4, -0.2) is 22.0 Å². The molecule has 0 aliphatic carbocycles. The number of H-pyrrole nitrogens is 1. The monoisotopic (exact) mass is 186 g/mol. The van der Waals surface area contributed by atoms with Gasteiger partial charge < -0.3 is 10.7 Å². The third kappa shape index (κ3) is 1.99. The largest absolute Gasteiger partial charge is 0.322 e. The number of hydrogen-bond donors (Lipinski definition) is 2. The Balaban J connectivity index is 2.71. The van der Waals surface area contributed by atoms with Crippen molar-refractivity contribution < 1.29 is 0 Å². The Morgan fingerprint density at radius 3 is 3.17 bits per heavy atom. The molecule has 3 N–H and O–H groups in total. The molecule has 1 atom stereocenters. The van der Waals surface area contributed by atoms with Gasteiger partial charge in [0.25, 0.3) is 5.56 Å². The summed E-state index contributed by atoms with van der Waals surface area (Å²) in [6.45, 7) is 0. The maximum atomic E-state index is 11.0. The number of nitrogens with one attached hydrogen (secondary N) is 1. The minimum absolute atomic E-state index is 0.197. The van der Waals surface area contributed by atoms with Crippen LogP contribution < -0.4 is 11.3 Å². The lowest BCUT2D eigenvalue weighted by Crippen LogP contribution is -2.19. The molecule has 0 fully saturated rings. The van der Waals surface area contributed by atoms with E-state index in [0.717, 1.165) is 11.7 Å². The number of hydrogen-bond acceptors (Lipinski definition) is 5. The second-order valence-electron chi connectivity index (χ2n) is 2.28. The second-order valence-corrected chi connectivity index (χ2v) is 2.85. The number of nitrogens with two attached hydrogens (primary N) is 1. The predicted octanol–water partition coefficient (Wildman–Crippen LogP) is -0.0781. The highest BCUT2D eigenvalue weighted by Gasteiger charge is 2.11. The molecule has 0 amide bonds. The van der Waals surface area contributed by atoms with E-state index in [9.17, 15) is 4.79 Å². The highest BCUT2D eigenvalue weighted by atomic mass is 32.1. The Kier molecular flexibility index (Phi) is 3.12. The van der Waals surface area contributed by atoms with Crippen LogP contribution in [0, 0.1) is 0 Å². The molecule has 0 bridgehead atoms. The predicted molar refractivity (Wildman–Crippen MR) is 48.7 cm³/mol. The van der Waals surface area contributed by atoms with Gasteiger partial charge >= 0.3 is 0 Å². The van der Waals surface area contributed by atoms with Crippen molar-refractivity contribution in [2.75, 3.05) is 7.05 Å². The first kappa shape index (κ1) is 9.08. The third-order valence-electron chi connectivity index (χ3n) is 1.41. The van der Waals surface area contributed by atoms with Crippen LogP contribution in [0.4, 0.5) is 0 Å². The lowest BCUT2D eigenvalue weighted by atomic mass is 10.2. The SMILES string of the molecule is CN=CCC(N)c1ns[nH]c1=O. The number of aromatic nitrogens is 2. The minimum atomic E-state index is -0.344. The number of aromatic amines is 1. The molecule has 66 valence electrons. The fourth-order valence-electron chi connectivity index (χ4n) is 0.774.